The summed E-state index contributed by atoms with van der Waals surface area (Å²) >= 11 is 1.28. The number of Topliss-reactive ketones (excluding diaryl/α,β-unsaturated/α-hetero) is 1. The van der Waals surface area contributed by atoms with Crippen LogP contribution in [-0.4, -0.2) is 76.6 Å². The van der Waals surface area contributed by atoms with Crippen molar-refractivity contribution in [2.45, 2.75) is 124 Å². The van der Waals surface area contributed by atoms with Gasteiger partial charge in [0.05, 0.1) is 5.54 Å². The lowest BCUT2D eigenvalue weighted by molar-refractivity contribution is -0.149. The molecule has 1 aromatic heterocycles. The molecule has 3 rings (SSSR count). The van der Waals surface area contributed by atoms with Gasteiger partial charge in [0.25, 0.3) is 5.91 Å². The fourth-order valence-corrected chi connectivity index (χ4v) is 7.91. The van der Waals surface area contributed by atoms with Crippen molar-refractivity contribution < 1.29 is 23.9 Å². The summed E-state index contributed by atoms with van der Waals surface area (Å²) in [7, 11) is 3.78. The lowest BCUT2D eigenvalue weighted by atomic mass is 9.80. The zero-order valence-corrected chi connectivity index (χ0v) is 32.3. The van der Waals surface area contributed by atoms with Crippen molar-refractivity contribution in [2.24, 2.45) is 23.7 Å². The molecule has 0 aliphatic carbocycles. The van der Waals surface area contributed by atoms with Gasteiger partial charge in [0, 0.05) is 50.2 Å². The van der Waals surface area contributed by atoms with E-state index in [0.29, 0.717) is 23.8 Å². The number of carbonyl (C=O) groups is 4. The molecule has 1 saturated heterocycles. The average molecular weight is 697 g/mol. The number of aromatic nitrogens is 1. The van der Waals surface area contributed by atoms with E-state index in [0.717, 1.165) is 37.8 Å². The molecule has 1 aliphatic heterocycles. The summed E-state index contributed by atoms with van der Waals surface area (Å²) in [6.45, 7) is 16.7. The van der Waals surface area contributed by atoms with Crippen LogP contribution >= 0.6 is 11.3 Å². The summed E-state index contributed by atoms with van der Waals surface area (Å²) in [5, 5.41) is 5.41. The minimum Gasteiger partial charge on any atom is -0.455 e. The number of thiazole rings is 1. The van der Waals surface area contributed by atoms with Crippen molar-refractivity contribution in [2.75, 3.05) is 20.6 Å². The molecule has 6 atom stereocenters. The van der Waals surface area contributed by atoms with Crippen molar-refractivity contribution in [3.05, 3.63) is 52.0 Å². The Labute approximate surface area is 298 Å². The molecule has 9 nitrogen and oxygen atoms in total. The zero-order valence-electron chi connectivity index (χ0n) is 31.5. The van der Waals surface area contributed by atoms with Gasteiger partial charge in [0.2, 0.25) is 5.91 Å². The van der Waals surface area contributed by atoms with Crippen LogP contribution in [-0.2, 0) is 25.5 Å². The molecule has 1 aromatic carbocycles. The second kappa shape index (κ2) is 18.2. The Morgan fingerprint density at radius 3 is 2.31 bits per heavy atom. The number of benzene rings is 1. The van der Waals surface area contributed by atoms with E-state index < -0.39 is 23.5 Å². The molecule has 10 heteroatoms. The first-order valence-electron chi connectivity index (χ1n) is 18.1. The van der Waals surface area contributed by atoms with Gasteiger partial charge in [-0.05, 0) is 69.5 Å². The van der Waals surface area contributed by atoms with Gasteiger partial charge in [-0.15, -0.1) is 11.3 Å². The molecular formula is C39H60N4O5S. The maximum Gasteiger partial charge on any atom is 0.303 e. The maximum absolute atomic E-state index is 14.3. The van der Waals surface area contributed by atoms with Gasteiger partial charge < -0.3 is 15.0 Å². The zero-order chi connectivity index (χ0) is 36.5. The minimum absolute atomic E-state index is 0.0210. The first kappa shape index (κ1) is 40.3. The topological polar surface area (TPSA) is 109 Å². The molecule has 1 aliphatic rings. The Morgan fingerprint density at radius 1 is 1.08 bits per heavy atom. The number of carbonyl (C=O) groups excluding carboxylic acids is 4. The predicted molar refractivity (Wildman–Crippen MR) is 196 cm³/mol. The van der Waals surface area contributed by atoms with E-state index in [-0.39, 0.29) is 53.6 Å². The largest absolute Gasteiger partial charge is 0.455 e. The van der Waals surface area contributed by atoms with Crippen LogP contribution < -0.4 is 5.32 Å². The molecule has 2 amide bonds. The Morgan fingerprint density at radius 2 is 1.76 bits per heavy atom. The third-order valence-corrected chi connectivity index (χ3v) is 11.4. The van der Waals surface area contributed by atoms with Crippen molar-refractivity contribution >= 4 is 34.9 Å². The van der Waals surface area contributed by atoms with Gasteiger partial charge in [0.15, 0.2) is 11.9 Å². The number of nitrogens with zero attached hydrogens (tertiary/aromatic N) is 3. The summed E-state index contributed by atoms with van der Waals surface area (Å²) in [6.07, 6.45) is 3.87. The highest BCUT2D eigenvalue weighted by molar-refractivity contribution is 7.09. The number of ether oxygens (including phenoxy) is 1. The standard InChI is InChI=1S/C39H60N4O5S/c1-11-27(6)31(22-35(45)39(8)18-15-19-42(39)9)38(47)43(10)33(26(4)5)23-34(48-28(7)44)37-41-32(24-49-37)36(46)40-30(20-25(2)3)21-29-16-13-12-14-17-29/h12-14,16-17,24-27,30-31,33-34H,11,15,18-23H2,1-10H3,(H,40,46)/t27-,30+,31-,33+,34+,39+/m0/s1. The van der Waals surface area contributed by atoms with Crippen molar-refractivity contribution in [1.82, 2.24) is 20.1 Å². The molecule has 1 N–H and O–H groups in total. The van der Waals surface area contributed by atoms with Gasteiger partial charge >= 0.3 is 5.97 Å². The third kappa shape index (κ3) is 10.9. The van der Waals surface area contributed by atoms with E-state index in [1.165, 1.54) is 18.3 Å². The molecule has 49 heavy (non-hydrogen) atoms. The first-order valence-corrected chi connectivity index (χ1v) is 18.9. The second-order valence-corrected chi connectivity index (χ2v) is 16.0. The maximum atomic E-state index is 14.3. The molecule has 1 fully saturated rings. The average Bonchev–Trinajstić information content (AvgIpc) is 3.68. The molecule has 2 heterocycles. The number of esters is 1. The van der Waals surface area contributed by atoms with Gasteiger partial charge in [-0.1, -0.05) is 78.3 Å². The van der Waals surface area contributed by atoms with Crippen molar-refractivity contribution in [3.8, 4) is 0 Å². The van der Waals surface area contributed by atoms with Gasteiger partial charge in [0.1, 0.15) is 10.7 Å². The van der Waals surface area contributed by atoms with Crippen LogP contribution in [0.15, 0.2) is 35.7 Å². The molecule has 272 valence electrons. The van der Waals surface area contributed by atoms with Crippen molar-refractivity contribution in [3.63, 3.8) is 0 Å². The van der Waals surface area contributed by atoms with Crippen molar-refractivity contribution in [1.29, 1.82) is 0 Å². The van der Waals surface area contributed by atoms with E-state index >= 15 is 0 Å². The molecule has 0 saturated carbocycles. The van der Waals surface area contributed by atoms with E-state index in [4.69, 9.17) is 4.74 Å². The summed E-state index contributed by atoms with van der Waals surface area (Å²) in [5.41, 5.74) is 0.888. The molecule has 0 spiro atoms. The molecule has 0 unspecified atom stereocenters. The highest BCUT2D eigenvalue weighted by Crippen LogP contribution is 2.35. The van der Waals surface area contributed by atoms with Crippen LogP contribution in [0, 0.1) is 23.7 Å². The Hall–Kier alpha value is -3.11. The van der Waals surface area contributed by atoms with Crippen LogP contribution in [0.5, 0.6) is 0 Å². The fourth-order valence-electron chi connectivity index (χ4n) is 7.07. The van der Waals surface area contributed by atoms with Gasteiger partial charge in [-0.3, -0.25) is 24.1 Å². The summed E-state index contributed by atoms with van der Waals surface area (Å²) in [5.74, 6) is -0.685. The summed E-state index contributed by atoms with van der Waals surface area (Å²) in [4.78, 5) is 62.3. The smallest absolute Gasteiger partial charge is 0.303 e. The normalized spacial score (nSPS) is 19.7. The number of rotatable bonds is 18. The number of ketones is 1. The van der Waals surface area contributed by atoms with Crippen LogP contribution in [0.4, 0.5) is 0 Å². The highest BCUT2D eigenvalue weighted by Gasteiger charge is 2.43. The fraction of sp³-hybridized carbons (Fsp3) is 0.667. The second-order valence-electron chi connectivity index (χ2n) is 15.1. The lowest BCUT2D eigenvalue weighted by Gasteiger charge is -2.38. The SMILES string of the molecule is CC[C@H](C)[C@H](CC(=O)[C@@]1(C)CCCN1C)C(=O)N(C)[C@H](C[C@@H](OC(C)=O)c1nc(C(=O)N[C@@H](Cc2ccccc2)CC(C)C)cs1)C(C)C. The number of likely N-dealkylation sites (N-methyl/N-ethyl adjacent to an activating group) is 1. The van der Waals surface area contributed by atoms with Crippen LogP contribution in [0.2, 0.25) is 0 Å². The van der Waals surface area contributed by atoms with E-state index in [9.17, 15) is 19.2 Å². The van der Waals surface area contributed by atoms with Crippen LogP contribution in [0.1, 0.15) is 121 Å². The van der Waals surface area contributed by atoms with E-state index in [1.54, 1.807) is 17.3 Å². The Bertz CT molecular complexity index is 1390. The number of nitrogens with one attached hydrogen (secondary N) is 1. The highest BCUT2D eigenvalue weighted by atomic mass is 32.1. The van der Waals surface area contributed by atoms with Gasteiger partial charge in [-0.2, -0.15) is 0 Å². The molecule has 2 aromatic rings. The van der Waals surface area contributed by atoms with Crippen LogP contribution in [0.25, 0.3) is 0 Å². The third-order valence-electron chi connectivity index (χ3n) is 10.5. The molecule has 0 radical (unpaired) electrons. The number of hydrogen-bond donors (Lipinski definition) is 1. The number of hydrogen-bond acceptors (Lipinski definition) is 8. The Balaban J connectivity index is 1.81. The Kier molecular flexibility index (Phi) is 15.0. The summed E-state index contributed by atoms with van der Waals surface area (Å²) < 4.78 is 5.82. The minimum atomic E-state index is -0.739. The predicted octanol–water partition coefficient (Wildman–Crippen LogP) is 7.11. The first-order chi connectivity index (χ1) is 23.1. The molecular weight excluding hydrogens is 637 g/mol. The van der Waals surface area contributed by atoms with Gasteiger partial charge in [-0.25, -0.2) is 4.98 Å². The monoisotopic (exact) mass is 696 g/mol. The quantitative estimate of drug-likeness (QED) is 0.166. The van der Waals surface area contributed by atoms with E-state index in [1.807, 2.05) is 52.9 Å². The van der Waals surface area contributed by atoms with E-state index in [2.05, 4.69) is 48.1 Å². The lowest BCUT2D eigenvalue weighted by Crippen LogP contribution is -2.50. The number of likely N-dealkylation sites (tertiary alicyclic amines) is 1. The molecule has 0 bridgehead atoms. The summed E-state index contributed by atoms with van der Waals surface area (Å²) in [6, 6.07) is 9.75. The van der Waals surface area contributed by atoms with Crippen LogP contribution in [0.3, 0.4) is 0 Å². The number of amides is 2.